The standard InChI is InChI=1S/C10H3Br3F4N2/c11-3-1-4(12)6(5(14)2-3)9-18-7(8(13)19-9)10(15,16)17/h1-2H,(H,18,19). The third-order valence-electron chi connectivity index (χ3n) is 2.19. The van der Waals surface area contributed by atoms with Crippen LogP contribution in [-0.4, -0.2) is 9.97 Å². The van der Waals surface area contributed by atoms with Crippen molar-refractivity contribution in [1.82, 2.24) is 9.97 Å². The van der Waals surface area contributed by atoms with E-state index in [1.54, 1.807) is 0 Å². The molecule has 9 heteroatoms. The van der Waals surface area contributed by atoms with Gasteiger partial charge in [-0.05, 0) is 44.0 Å². The van der Waals surface area contributed by atoms with E-state index in [0.717, 1.165) is 6.07 Å². The molecule has 102 valence electrons. The van der Waals surface area contributed by atoms with E-state index in [1.165, 1.54) is 6.07 Å². The van der Waals surface area contributed by atoms with Gasteiger partial charge in [-0.2, -0.15) is 13.2 Å². The van der Waals surface area contributed by atoms with E-state index in [2.05, 4.69) is 57.8 Å². The average Bonchev–Trinajstić information content (AvgIpc) is 2.57. The summed E-state index contributed by atoms with van der Waals surface area (Å²) in [4.78, 5) is 5.72. The van der Waals surface area contributed by atoms with E-state index in [1.807, 2.05) is 0 Å². The minimum absolute atomic E-state index is 0.0700. The van der Waals surface area contributed by atoms with Crippen LogP contribution in [0.25, 0.3) is 11.4 Å². The third kappa shape index (κ3) is 3.03. The van der Waals surface area contributed by atoms with Crippen LogP contribution in [0.3, 0.4) is 0 Å². The van der Waals surface area contributed by atoms with Crippen molar-refractivity contribution in [2.24, 2.45) is 0 Å². The third-order valence-corrected chi connectivity index (χ3v) is 3.84. The number of halogens is 7. The molecule has 0 aliphatic carbocycles. The lowest BCUT2D eigenvalue weighted by Crippen LogP contribution is -2.06. The first-order valence-electron chi connectivity index (χ1n) is 4.67. The summed E-state index contributed by atoms with van der Waals surface area (Å²) in [6, 6.07) is 2.66. The van der Waals surface area contributed by atoms with Crippen molar-refractivity contribution in [3.8, 4) is 11.4 Å². The fourth-order valence-electron chi connectivity index (χ4n) is 1.43. The molecule has 0 aliphatic heterocycles. The van der Waals surface area contributed by atoms with Gasteiger partial charge >= 0.3 is 6.18 Å². The number of nitrogens with zero attached hydrogens (tertiary/aromatic N) is 1. The Bertz CT molecular complexity index is 613. The highest BCUT2D eigenvalue weighted by Crippen LogP contribution is 2.38. The maximum Gasteiger partial charge on any atom is 0.433 e. The minimum Gasteiger partial charge on any atom is -0.333 e. The average molecular weight is 467 g/mol. The van der Waals surface area contributed by atoms with Crippen molar-refractivity contribution in [3.05, 3.63) is 37.2 Å². The van der Waals surface area contributed by atoms with Gasteiger partial charge in [0, 0.05) is 8.95 Å². The van der Waals surface area contributed by atoms with Gasteiger partial charge in [0.1, 0.15) is 16.2 Å². The molecule has 0 radical (unpaired) electrons. The first-order chi connectivity index (χ1) is 8.70. The Balaban J connectivity index is 2.61. The molecule has 0 saturated heterocycles. The van der Waals surface area contributed by atoms with E-state index in [4.69, 9.17) is 0 Å². The summed E-state index contributed by atoms with van der Waals surface area (Å²) in [6.07, 6.45) is -4.59. The molecular weight excluding hydrogens is 464 g/mol. The fraction of sp³-hybridized carbons (Fsp3) is 0.100. The highest BCUT2D eigenvalue weighted by Gasteiger charge is 2.36. The minimum atomic E-state index is -4.59. The number of H-pyrrole nitrogens is 1. The quantitative estimate of drug-likeness (QED) is 0.551. The van der Waals surface area contributed by atoms with Crippen molar-refractivity contribution in [2.45, 2.75) is 6.18 Å². The molecule has 1 aromatic carbocycles. The molecule has 0 atom stereocenters. The number of benzene rings is 1. The Kier molecular flexibility index (Phi) is 4.08. The number of nitrogens with one attached hydrogen (secondary N) is 1. The lowest BCUT2D eigenvalue weighted by Gasteiger charge is -2.05. The maximum atomic E-state index is 13.8. The smallest absolute Gasteiger partial charge is 0.333 e. The van der Waals surface area contributed by atoms with Gasteiger partial charge in [-0.3, -0.25) is 0 Å². The Morgan fingerprint density at radius 2 is 1.74 bits per heavy atom. The van der Waals surface area contributed by atoms with Crippen LogP contribution in [-0.2, 0) is 6.18 Å². The zero-order chi connectivity index (χ0) is 14.4. The van der Waals surface area contributed by atoms with E-state index in [0.29, 0.717) is 4.47 Å². The van der Waals surface area contributed by atoms with Crippen LogP contribution in [0.4, 0.5) is 17.6 Å². The van der Waals surface area contributed by atoms with Gasteiger partial charge in [-0.25, -0.2) is 9.37 Å². The summed E-state index contributed by atoms with van der Waals surface area (Å²) in [7, 11) is 0. The molecule has 2 rings (SSSR count). The van der Waals surface area contributed by atoms with Gasteiger partial charge < -0.3 is 4.98 Å². The first kappa shape index (κ1) is 15.0. The summed E-state index contributed by atoms with van der Waals surface area (Å²) in [5.74, 6) is -0.910. The summed E-state index contributed by atoms with van der Waals surface area (Å²) >= 11 is 8.88. The molecule has 2 aromatic rings. The number of alkyl halides is 3. The van der Waals surface area contributed by atoms with E-state index in [9.17, 15) is 17.6 Å². The number of aromatic nitrogens is 2. The van der Waals surface area contributed by atoms with Crippen molar-refractivity contribution in [2.75, 3.05) is 0 Å². The Hall–Kier alpha value is -0.410. The molecule has 1 heterocycles. The Morgan fingerprint density at radius 3 is 2.21 bits per heavy atom. The van der Waals surface area contributed by atoms with Crippen molar-refractivity contribution < 1.29 is 17.6 Å². The van der Waals surface area contributed by atoms with Crippen LogP contribution in [0.2, 0.25) is 0 Å². The molecule has 1 aromatic heterocycles. The molecule has 0 saturated carbocycles. The largest absolute Gasteiger partial charge is 0.433 e. The van der Waals surface area contributed by atoms with Crippen molar-refractivity contribution >= 4 is 47.8 Å². The van der Waals surface area contributed by atoms with Crippen LogP contribution in [0.15, 0.2) is 25.7 Å². The second-order valence-corrected chi connectivity index (χ2v) is 6.01. The van der Waals surface area contributed by atoms with Gasteiger partial charge in [0.25, 0.3) is 0 Å². The fourth-order valence-corrected chi connectivity index (χ4v) is 3.29. The summed E-state index contributed by atoms with van der Waals surface area (Å²) in [6.45, 7) is 0. The van der Waals surface area contributed by atoms with Gasteiger partial charge in [0.05, 0.1) is 5.56 Å². The number of hydrogen-bond donors (Lipinski definition) is 1. The Morgan fingerprint density at radius 1 is 1.11 bits per heavy atom. The lowest BCUT2D eigenvalue weighted by atomic mass is 10.2. The molecule has 0 bridgehead atoms. The zero-order valence-electron chi connectivity index (χ0n) is 8.75. The van der Waals surface area contributed by atoms with Crippen molar-refractivity contribution in [3.63, 3.8) is 0 Å². The molecule has 0 fully saturated rings. The summed E-state index contributed by atoms with van der Waals surface area (Å²) in [5.41, 5.74) is -1.13. The van der Waals surface area contributed by atoms with Crippen LogP contribution in [0.5, 0.6) is 0 Å². The van der Waals surface area contributed by atoms with Gasteiger partial charge in [-0.15, -0.1) is 0 Å². The molecule has 0 spiro atoms. The van der Waals surface area contributed by atoms with Crippen molar-refractivity contribution in [1.29, 1.82) is 0 Å². The topological polar surface area (TPSA) is 28.7 Å². The summed E-state index contributed by atoms with van der Waals surface area (Å²) in [5, 5.41) is 0. The molecule has 0 aliphatic rings. The Labute approximate surface area is 130 Å². The lowest BCUT2D eigenvalue weighted by molar-refractivity contribution is -0.141. The van der Waals surface area contributed by atoms with Crippen LogP contribution in [0, 0.1) is 5.82 Å². The SMILES string of the molecule is Fc1cc(Br)cc(Br)c1-c1nc(Br)c(C(F)(F)F)[nH]1. The summed E-state index contributed by atoms with van der Waals surface area (Å²) < 4.78 is 52.0. The second kappa shape index (κ2) is 5.17. The molecule has 19 heavy (non-hydrogen) atoms. The maximum absolute atomic E-state index is 13.8. The highest BCUT2D eigenvalue weighted by atomic mass is 79.9. The second-order valence-electron chi connectivity index (χ2n) is 3.49. The molecule has 0 amide bonds. The van der Waals surface area contributed by atoms with Gasteiger partial charge in [0.2, 0.25) is 0 Å². The van der Waals surface area contributed by atoms with E-state index < -0.39 is 22.3 Å². The molecular formula is C10H3Br3F4N2. The molecule has 2 nitrogen and oxygen atoms in total. The van der Waals surface area contributed by atoms with E-state index >= 15 is 0 Å². The van der Waals surface area contributed by atoms with Gasteiger partial charge in [0.15, 0.2) is 5.69 Å². The number of hydrogen-bond acceptors (Lipinski definition) is 1. The predicted molar refractivity (Wildman–Crippen MR) is 72.1 cm³/mol. The predicted octanol–water partition coefficient (Wildman–Crippen LogP) is 5.52. The normalized spacial score (nSPS) is 11.9. The molecule has 0 unspecified atom stereocenters. The van der Waals surface area contributed by atoms with Gasteiger partial charge in [-0.1, -0.05) is 15.9 Å². The van der Waals surface area contributed by atoms with Crippen LogP contribution in [0.1, 0.15) is 5.69 Å². The first-order valence-corrected chi connectivity index (χ1v) is 7.05. The number of rotatable bonds is 1. The highest BCUT2D eigenvalue weighted by molar-refractivity contribution is 9.11. The van der Waals surface area contributed by atoms with E-state index in [-0.39, 0.29) is 15.9 Å². The van der Waals surface area contributed by atoms with Crippen LogP contribution >= 0.6 is 47.8 Å². The van der Waals surface area contributed by atoms with Crippen LogP contribution < -0.4 is 0 Å². The number of imidazole rings is 1. The monoisotopic (exact) mass is 464 g/mol. The number of aromatic amines is 1. The zero-order valence-corrected chi connectivity index (χ0v) is 13.5. The molecule has 1 N–H and O–H groups in total.